The summed E-state index contributed by atoms with van der Waals surface area (Å²) in [6, 6.07) is 0. The third-order valence-corrected chi connectivity index (χ3v) is 4.72. The first-order valence-electron chi connectivity index (χ1n) is 6.65. The minimum atomic E-state index is -0.672. The number of carbonyl (C=O) groups is 3. The van der Waals surface area contributed by atoms with Gasteiger partial charge in [-0.1, -0.05) is 6.58 Å². The molecule has 3 aliphatic rings. The Balaban J connectivity index is 1.61. The first-order valence-corrected chi connectivity index (χ1v) is 6.65. The molecule has 20 heavy (non-hydrogen) atoms. The standard InChI is InChI=1S/C14H16O6/c1-3-9(15)18-6-10(16)19-11-7-4-8-12(11)20-13(17)14(8,2)5-7/h3,7-8,11-12H,1,4-6H2,2H3. The van der Waals surface area contributed by atoms with Gasteiger partial charge < -0.3 is 14.2 Å². The largest absolute Gasteiger partial charge is 0.458 e. The second-order valence-corrected chi connectivity index (χ2v) is 5.86. The highest BCUT2D eigenvalue weighted by Gasteiger charge is 2.69. The van der Waals surface area contributed by atoms with E-state index >= 15 is 0 Å². The van der Waals surface area contributed by atoms with Crippen molar-refractivity contribution in [2.45, 2.75) is 32.0 Å². The zero-order valence-corrected chi connectivity index (χ0v) is 11.2. The molecule has 0 radical (unpaired) electrons. The topological polar surface area (TPSA) is 78.9 Å². The van der Waals surface area contributed by atoms with Crippen molar-refractivity contribution < 1.29 is 28.6 Å². The normalized spacial score (nSPS) is 40.4. The Hall–Kier alpha value is -1.85. The molecule has 2 saturated carbocycles. The molecule has 5 atom stereocenters. The predicted octanol–water partition coefficient (Wildman–Crippen LogP) is 0.599. The fraction of sp³-hybridized carbons (Fsp3) is 0.643. The number of carbonyl (C=O) groups excluding carboxylic acids is 3. The van der Waals surface area contributed by atoms with Gasteiger partial charge in [0.1, 0.15) is 12.2 Å². The van der Waals surface area contributed by atoms with Gasteiger partial charge in [-0.2, -0.15) is 0 Å². The third-order valence-electron chi connectivity index (χ3n) is 4.72. The lowest BCUT2D eigenvalue weighted by atomic mass is 9.75. The maximum atomic E-state index is 11.9. The van der Waals surface area contributed by atoms with E-state index in [2.05, 4.69) is 11.3 Å². The molecule has 3 fully saturated rings. The van der Waals surface area contributed by atoms with Crippen molar-refractivity contribution in [1.29, 1.82) is 0 Å². The van der Waals surface area contributed by atoms with E-state index in [9.17, 15) is 14.4 Å². The van der Waals surface area contributed by atoms with Gasteiger partial charge in [0.25, 0.3) is 0 Å². The molecule has 2 aliphatic carbocycles. The van der Waals surface area contributed by atoms with Gasteiger partial charge in [-0.3, -0.25) is 4.79 Å². The Labute approximate surface area is 116 Å². The van der Waals surface area contributed by atoms with Crippen LogP contribution in [0.15, 0.2) is 12.7 Å². The summed E-state index contributed by atoms with van der Waals surface area (Å²) in [5, 5.41) is 0. The van der Waals surface area contributed by atoms with Crippen LogP contribution in [-0.2, 0) is 28.6 Å². The molecule has 1 aliphatic heterocycles. The van der Waals surface area contributed by atoms with E-state index < -0.39 is 30.1 Å². The molecule has 108 valence electrons. The molecule has 0 N–H and O–H groups in total. The summed E-state index contributed by atoms with van der Waals surface area (Å²) in [5.41, 5.74) is -0.409. The number of ether oxygens (including phenoxy) is 3. The van der Waals surface area contributed by atoms with Crippen molar-refractivity contribution >= 4 is 17.9 Å². The Morgan fingerprint density at radius 2 is 2.30 bits per heavy atom. The van der Waals surface area contributed by atoms with Crippen LogP contribution >= 0.6 is 0 Å². The Morgan fingerprint density at radius 3 is 3.00 bits per heavy atom. The van der Waals surface area contributed by atoms with Crippen LogP contribution in [0.5, 0.6) is 0 Å². The van der Waals surface area contributed by atoms with E-state index in [0.29, 0.717) is 6.42 Å². The summed E-state index contributed by atoms with van der Waals surface area (Å²) in [4.78, 5) is 34.4. The number of hydrogen-bond acceptors (Lipinski definition) is 6. The summed E-state index contributed by atoms with van der Waals surface area (Å²) in [6.45, 7) is 4.71. The van der Waals surface area contributed by atoms with Crippen LogP contribution in [0.4, 0.5) is 0 Å². The van der Waals surface area contributed by atoms with Crippen LogP contribution in [0.25, 0.3) is 0 Å². The maximum absolute atomic E-state index is 11.9. The molecule has 1 heterocycles. The average Bonchev–Trinajstić information content (AvgIpc) is 2.97. The van der Waals surface area contributed by atoms with Gasteiger partial charge in [0.15, 0.2) is 6.61 Å². The number of esters is 3. The minimum absolute atomic E-state index is 0.133. The van der Waals surface area contributed by atoms with Crippen molar-refractivity contribution in [1.82, 2.24) is 0 Å². The highest BCUT2D eigenvalue weighted by atomic mass is 16.6. The Morgan fingerprint density at radius 1 is 1.55 bits per heavy atom. The molecule has 0 amide bonds. The summed E-state index contributed by atoms with van der Waals surface area (Å²) < 4.78 is 15.3. The highest BCUT2D eigenvalue weighted by molar-refractivity contribution is 5.84. The molecule has 1 saturated heterocycles. The van der Waals surface area contributed by atoms with Gasteiger partial charge in [-0.05, 0) is 19.8 Å². The third kappa shape index (κ3) is 1.74. The molecule has 0 aromatic heterocycles. The predicted molar refractivity (Wildman–Crippen MR) is 65.2 cm³/mol. The molecule has 0 aromatic rings. The van der Waals surface area contributed by atoms with E-state index in [4.69, 9.17) is 9.47 Å². The lowest BCUT2D eigenvalue weighted by molar-refractivity contribution is -0.168. The summed E-state index contributed by atoms with van der Waals surface area (Å²) in [5.74, 6) is -1.20. The highest BCUT2D eigenvalue weighted by Crippen LogP contribution is 2.62. The molecule has 6 nitrogen and oxygen atoms in total. The van der Waals surface area contributed by atoms with E-state index in [0.717, 1.165) is 12.5 Å². The van der Waals surface area contributed by atoms with E-state index in [-0.39, 0.29) is 23.9 Å². The van der Waals surface area contributed by atoms with Crippen molar-refractivity contribution in [3.8, 4) is 0 Å². The van der Waals surface area contributed by atoms with Gasteiger partial charge in [0, 0.05) is 17.9 Å². The zero-order valence-electron chi connectivity index (χ0n) is 11.2. The number of fused-ring (bicyclic) bond motifs is 1. The number of rotatable bonds is 4. The van der Waals surface area contributed by atoms with Gasteiger partial charge in [-0.25, -0.2) is 9.59 Å². The summed E-state index contributed by atoms with van der Waals surface area (Å²) >= 11 is 0. The molecule has 3 rings (SSSR count). The van der Waals surface area contributed by atoms with E-state index in [1.54, 1.807) is 0 Å². The van der Waals surface area contributed by atoms with Crippen LogP contribution in [0.3, 0.4) is 0 Å². The van der Waals surface area contributed by atoms with E-state index in [1.165, 1.54) is 0 Å². The summed E-state index contributed by atoms with van der Waals surface area (Å²) in [7, 11) is 0. The first-order chi connectivity index (χ1) is 9.45. The quantitative estimate of drug-likeness (QED) is 0.426. The first kappa shape index (κ1) is 13.1. The molecule has 0 aromatic carbocycles. The molecule has 5 unspecified atom stereocenters. The molecule has 2 bridgehead atoms. The van der Waals surface area contributed by atoms with Gasteiger partial charge in [-0.15, -0.1) is 0 Å². The van der Waals surface area contributed by atoms with Crippen LogP contribution < -0.4 is 0 Å². The van der Waals surface area contributed by atoms with Crippen LogP contribution in [0, 0.1) is 17.3 Å². The fourth-order valence-electron chi connectivity index (χ4n) is 3.79. The Kier molecular flexibility index (Phi) is 2.84. The van der Waals surface area contributed by atoms with E-state index in [1.807, 2.05) is 6.92 Å². The second-order valence-electron chi connectivity index (χ2n) is 5.86. The maximum Gasteiger partial charge on any atom is 0.344 e. The van der Waals surface area contributed by atoms with Crippen molar-refractivity contribution in [2.24, 2.45) is 17.3 Å². The zero-order chi connectivity index (χ0) is 14.5. The molecule has 0 spiro atoms. The van der Waals surface area contributed by atoms with Crippen LogP contribution in [-0.4, -0.2) is 36.7 Å². The van der Waals surface area contributed by atoms with Crippen LogP contribution in [0.2, 0.25) is 0 Å². The Bertz CT molecular complexity index is 498. The monoisotopic (exact) mass is 280 g/mol. The molecular weight excluding hydrogens is 264 g/mol. The average molecular weight is 280 g/mol. The summed E-state index contributed by atoms with van der Waals surface area (Å²) in [6.07, 6.45) is 1.77. The molecule has 6 heteroatoms. The lowest BCUT2D eigenvalue weighted by Gasteiger charge is -2.29. The van der Waals surface area contributed by atoms with Crippen molar-refractivity contribution in [2.75, 3.05) is 6.61 Å². The van der Waals surface area contributed by atoms with Gasteiger partial charge >= 0.3 is 17.9 Å². The fourth-order valence-corrected chi connectivity index (χ4v) is 3.79. The van der Waals surface area contributed by atoms with Gasteiger partial charge in [0.05, 0.1) is 5.41 Å². The lowest BCUT2D eigenvalue weighted by Crippen LogP contribution is -2.39. The number of hydrogen-bond donors (Lipinski definition) is 0. The molecular formula is C14H16O6. The van der Waals surface area contributed by atoms with Crippen molar-refractivity contribution in [3.05, 3.63) is 12.7 Å². The smallest absolute Gasteiger partial charge is 0.344 e. The van der Waals surface area contributed by atoms with Crippen LogP contribution in [0.1, 0.15) is 19.8 Å². The second kappa shape index (κ2) is 4.33. The SMILES string of the molecule is C=CC(=O)OCC(=O)OC1C2CC3C1OC(=O)C3(C)C2. The van der Waals surface area contributed by atoms with Gasteiger partial charge in [0.2, 0.25) is 0 Å². The minimum Gasteiger partial charge on any atom is -0.458 e. The van der Waals surface area contributed by atoms with Crippen molar-refractivity contribution in [3.63, 3.8) is 0 Å².